The fourth-order valence-electron chi connectivity index (χ4n) is 4.58. The summed E-state index contributed by atoms with van der Waals surface area (Å²) in [6, 6.07) is 32.9. The molecule has 0 aliphatic rings. The molecule has 0 fully saturated rings. The van der Waals surface area contributed by atoms with Crippen LogP contribution in [0.5, 0.6) is 11.5 Å². The monoisotopic (exact) mass is 542 g/mol. The van der Waals surface area contributed by atoms with Crippen molar-refractivity contribution in [3.63, 3.8) is 0 Å². The summed E-state index contributed by atoms with van der Waals surface area (Å²) in [5.41, 5.74) is 3.37. The van der Waals surface area contributed by atoms with Gasteiger partial charge in [-0.15, -0.1) is 0 Å². The van der Waals surface area contributed by atoms with E-state index in [9.17, 15) is 18.0 Å². The van der Waals surface area contributed by atoms with Crippen LogP contribution in [0.3, 0.4) is 0 Å². The van der Waals surface area contributed by atoms with Crippen molar-refractivity contribution in [3.05, 3.63) is 131 Å². The number of ether oxygens (including phenoxy) is 2. The lowest BCUT2D eigenvalue weighted by Crippen LogP contribution is -2.23. The molecule has 0 saturated heterocycles. The summed E-state index contributed by atoms with van der Waals surface area (Å²) in [6.07, 6.45) is 0. The highest BCUT2D eigenvalue weighted by molar-refractivity contribution is 7.91. The maximum absolute atomic E-state index is 13.8. The molecular weight excluding hydrogens is 512 g/mol. The Labute approximate surface area is 229 Å². The molecule has 6 nitrogen and oxygen atoms in total. The molecule has 7 heteroatoms. The van der Waals surface area contributed by atoms with E-state index in [1.54, 1.807) is 48.5 Å². The first-order valence-electron chi connectivity index (χ1n) is 12.6. The molecule has 4 aromatic carbocycles. The van der Waals surface area contributed by atoms with E-state index in [1.165, 1.54) is 13.8 Å². The molecule has 0 spiro atoms. The second-order valence-electron chi connectivity index (χ2n) is 9.33. The number of hydrogen-bond acceptors (Lipinski definition) is 6. The normalized spacial score (nSPS) is 12.8. The minimum Gasteiger partial charge on any atom is -0.427 e. The van der Waals surface area contributed by atoms with Crippen LogP contribution in [-0.4, -0.2) is 31.9 Å². The van der Waals surface area contributed by atoms with Crippen LogP contribution in [-0.2, 0) is 19.4 Å². The van der Waals surface area contributed by atoms with E-state index in [0.717, 1.165) is 22.3 Å². The van der Waals surface area contributed by atoms with Crippen LogP contribution in [0.25, 0.3) is 0 Å². The van der Waals surface area contributed by atoms with E-state index in [2.05, 4.69) is 0 Å². The molecule has 0 radical (unpaired) electrons. The average Bonchev–Trinajstić information content (AvgIpc) is 2.92. The van der Waals surface area contributed by atoms with Crippen LogP contribution < -0.4 is 9.47 Å². The van der Waals surface area contributed by atoms with Crippen molar-refractivity contribution < 1.29 is 27.5 Å². The Morgan fingerprint density at radius 1 is 0.538 bits per heavy atom. The van der Waals surface area contributed by atoms with E-state index in [-0.39, 0.29) is 11.5 Å². The average molecular weight is 543 g/mol. The Morgan fingerprint density at radius 3 is 1.15 bits per heavy atom. The molecule has 200 valence electrons. The number of carbonyl (C=O) groups excluding carboxylic acids is 2. The first-order chi connectivity index (χ1) is 18.7. The minimum absolute atomic E-state index is 0.0984. The zero-order chi connectivity index (χ0) is 27.8. The van der Waals surface area contributed by atoms with Crippen molar-refractivity contribution in [2.45, 2.75) is 25.7 Å². The number of hydrogen-bond donors (Lipinski definition) is 0. The first kappa shape index (κ1) is 27.8. The van der Waals surface area contributed by atoms with Gasteiger partial charge < -0.3 is 9.47 Å². The maximum atomic E-state index is 13.8. The Morgan fingerprint density at radius 2 is 0.846 bits per heavy atom. The predicted molar refractivity (Wildman–Crippen MR) is 151 cm³/mol. The van der Waals surface area contributed by atoms with E-state index < -0.39 is 33.6 Å². The summed E-state index contributed by atoms with van der Waals surface area (Å²) in [5.74, 6) is -1.05. The lowest BCUT2D eigenvalue weighted by Gasteiger charge is -2.22. The SMILES string of the molecule is CC(=O)Oc1ccc(C(CS(=O)(=O)CC(c2ccccc2)c2ccc(OC(C)=O)cc2)c2ccccc2)cc1. The zero-order valence-corrected chi connectivity index (χ0v) is 22.6. The summed E-state index contributed by atoms with van der Waals surface area (Å²) in [6.45, 7) is 2.67. The van der Waals surface area contributed by atoms with Gasteiger partial charge in [0.05, 0.1) is 11.5 Å². The lowest BCUT2D eigenvalue weighted by molar-refractivity contribution is -0.132. The number of benzene rings is 4. The van der Waals surface area contributed by atoms with Gasteiger partial charge in [-0.1, -0.05) is 84.9 Å². The summed E-state index contributed by atoms with van der Waals surface area (Å²) in [5, 5.41) is 0. The van der Waals surface area contributed by atoms with Crippen molar-refractivity contribution in [1.29, 1.82) is 0 Å². The van der Waals surface area contributed by atoms with Crippen LogP contribution in [0.4, 0.5) is 0 Å². The van der Waals surface area contributed by atoms with Gasteiger partial charge in [-0.2, -0.15) is 0 Å². The molecule has 0 aliphatic heterocycles. The maximum Gasteiger partial charge on any atom is 0.308 e. The zero-order valence-electron chi connectivity index (χ0n) is 21.8. The Hall–Kier alpha value is -4.23. The molecule has 0 aromatic heterocycles. The van der Waals surface area contributed by atoms with E-state index in [1.807, 2.05) is 60.7 Å². The highest BCUT2D eigenvalue weighted by Gasteiger charge is 2.27. The third-order valence-electron chi connectivity index (χ3n) is 6.33. The second kappa shape index (κ2) is 12.5. The van der Waals surface area contributed by atoms with Crippen molar-refractivity contribution >= 4 is 21.8 Å². The smallest absolute Gasteiger partial charge is 0.308 e. The summed E-state index contributed by atoms with van der Waals surface area (Å²) >= 11 is 0. The molecule has 4 aromatic rings. The topological polar surface area (TPSA) is 86.7 Å². The molecule has 0 saturated carbocycles. The number of rotatable bonds is 10. The van der Waals surface area contributed by atoms with Gasteiger partial charge in [0.25, 0.3) is 0 Å². The van der Waals surface area contributed by atoms with Crippen LogP contribution in [0.1, 0.15) is 47.9 Å². The van der Waals surface area contributed by atoms with E-state index in [0.29, 0.717) is 11.5 Å². The Bertz CT molecular complexity index is 1390. The molecule has 0 bridgehead atoms. The molecule has 0 amide bonds. The lowest BCUT2D eigenvalue weighted by atomic mass is 9.93. The molecule has 0 heterocycles. The number of esters is 2. The van der Waals surface area contributed by atoms with Gasteiger partial charge in [-0.25, -0.2) is 8.42 Å². The van der Waals surface area contributed by atoms with Gasteiger partial charge in [0, 0.05) is 25.7 Å². The third-order valence-corrected chi connectivity index (χ3v) is 8.02. The summed E-state index contributed by atoms with van der Waals surface area (Å²) in [4.78, 5) is 22.6. The van der Waals surface area contributed by atoms with Crippen LogP contribution >= 0.6 is 0 Å². The molecule has 0 N–H and O–H groups in total. The molecule has 39 heavy (non-hydrogen) atoms. The molecule has 4 rings (SSSR count). The van der Waals surface area contributed by atoms with Gasteiger partial charge in [-0.05, 0) is 46.5 Å². The van der Waals surface area contributed by atoms with Gasteiger partial charge in [-0.3, -0.25) is 9.59 Å². The third kappa shape index (κ3) is 7.88. The quantitative estimate of drug-likeness (QED) is 0.183. The van der Waals surface area contributed by atoms with Crippen molar-refractivity contribution in [2.75, 3.05) is 11.5 Å². The van der Waals surface area contributed by atoms with Crippen LogP contribution in [0.15, 0.2) is 109 Å². The molecule has 2 unspecified atom stereocenters. The van der Waals surface area contributed by atoms with Crippen molar-refractivity contribution in [2.24, 2.45) is 0 Å². The minimum atomic E-state index is -3.60. The number of carbonyl (C=O) groups is 2. The van der Waals surface area contributed by atoms with Gasteiger partial charge in [0.1, 0.15) is 11.5 Å². The van der Waals surface area contributed by atoms with Gasteiger partial charge >= 0.3 is 11.9 Å². The predicted octanol–water partition coefficient (Wildman–Crippen LogP) is 5.92. The highest BCUT2D eigenvalue weighted by atomic mass is 32.2. The standard InChI is InChI=1S/C32H30O6S/c1-23(33)37-29-17-13-27(14-18-29)31(25-9-5-3-6-10-25)21-39(35,36)22-32(26-11-7-4-8-12-26)28-15-19-30(20-16-28)38-24(2)34/h3-20,31-32H,21-22H2,1-2H3. The fourth-order valence-corrected chi connectivity index (χ4v) is 6.51. The summed E-state index contributed by atoms with van der Waals surface area (Å²) < 4.78 is 38.0. The molecular formula is C32H30O6S. The van der Waals surface area contributed by atoms with Crippen molar-refractivity contribution in [3.8, 4) is 11.5 Å². The Balaban J connectivity index is 1.65. The van der Waals surface area contributed by atoms with E-state index >= 15 is 0 Å². The van der Waals surface area contributed by atoms with Gasteiger partial charge in [0.2, 0.25) is 0 Å². The van der Waals surface area contributed by atoms with Crippen LogP contribution in [0, 0.1) is 0 Å². The fraction of sp³-hybridized carbons (Fsp3) is 0.188. The van der Waals surface area contributed by atoms with Gasteiger partial charge in [0.15, 0.2) is 9.84 Å². The van der Waals surface area contributed by atoms with Crippen molar-refractivity contribution in [1.82, 2.24) is 0 Å². The molecule has 0 aliphatic carbocycles. The second-order valence-corrected chi connectivity index (χ2v) is 11.5. The summed E-state index contributed by atoms with van der Waals surface area (Å²) in [7, 11) is -3.60. The van der Waals surface area contributed by atoms with E-state index in [4.69, 9.17) is 9.47 Å². The Kier molecular flexibility index (Phi) is 8.94. The first-order valence-corrected chi connectivity index (χ1v) is 14.4. The van der Waals surface area contributed by atoms with Crippen LogP contribution in [0.2, 0.25) is 0 Å². The largest absolute Gasteiger partial charge is 0.427 e. The molecule has 2 atom stereocenters. The highest BCUT2D eigenvalue weighted by Crippen LogP contribution is 2.32. The number of sulfone groups is 1.